The van der Waals surface area contributed by atoms with E-state index in [2.05, 4.69) is 4.98 Å². The van der Waals surface area contributed by atoms with Crippen LogP contribution in [0.4, 0.5) is 4.39 Å². The van der Waals surface area contributed by atoms with Crippen LogP contribution < -0.4 is 0 Å². The van der Waals surface area contributed by atoms with Gasteiger partial charge in [0.25, 0.3) is 0 Å². The molecule has 2 aromatic rings. The van der Waals surface area contributed by atoms with Crippen molar-refractivity contribution in [1.29, 1.82) is 0 Å². The van der Waals surface area contributed by atoms with E-state index in [1.807, 2.05) is 0 Å². The summed E-state index contributed by atoms with van der Waals surface area (Å²) in [5, 5.41) is 19.3. The molecule has 1 aromatic heterocycles. The number of halogens is 3. The second kappa shape index (κ2) is 9.49. The number of fused-ring (bicyclic) bond motifs is 1. The first-order valence-corrected chi connectivity index (χ1v) is 10.1. The first-order valence-electron chi connectivity index (χ1n) is 9.38. The van der Waals surface area contributed by atoms with Crippen LogP contribution in [0.2, 0.25) is 10.0 Å². The van der Waals surface area contributed by atoms with Crippen molar-refractivity contribution in [2.24, 2.45) is 0 Å². The largest absolute Gasteiger partial charge is 0.394 e. The van der Waals surface area contributed by atoms with Crippen LogP contribution in [-0.2, 0) is 28.2 Å². The third kappa shape index (κ3) is 4.62. The van der Waals surface area contributed by atoms with Gasteiger partial charge in [0, 0.05) is 28.2 Å². The molecule has 1 heterocycles. The Morgan fingerprint density at radius 2 is 2.14 bits per heavy atom. The number of alkyl halides is 1. The maximum Gasteiger partial charge on any atom is 0.195 e. The number of hydrogen-bond acceptors (Lipinski definition) is 5. The van der Waals surface area contributed by atoms with E-state index in [-0.39, 0.29) is 51.1 Å². The average Bonchev–Trinajstić information content (AvgIpc) is 2.72. The van der Waals surface area contributed by atoms with Gasteiger partial charge in [-0.15, -0.1) is 0 Å². The molecular weight excluding hydrogens is 420 g/mol. The second-order valence-corrected chi connectivity index (χ2v) is 7.81. The highest BCUT2D eigenvalue weighted by atomic mass is 35.5. The van der Waals surface area contributed by atoms with Crippen molar-refractivity contribution in [3.8, 4) is 0 Å². The molecule has 0 amide bonds. The zero-order valence-corrected chi connectivity index (χ0v) is 17.2. The SMILES string of the molecule is O=C(CCc1c(Cl)cc(Cl)cc1CO)[C@]1(F)CC[C@H](OCCO)c2ncccc21. The monoisotopic (exact) mass is 441 g/mol. The third-order valence-corrected chi connectivity index (χ3v) is 5.75. The molecule has 3 rings (SSSR count). The summed E-state index contributed by atoms with van der Waals surface area (Å²) in [6.07, 6.45) is 1.45. The number of ketones is 1. The van der Waals surface area contributed by atoms with Gasteiger partial charge in [0.05, 0.1) is 25.5 Å². The molecule has 0 fully saturated rings. The fourth-order valence-corrected chi connectivity index (χ4v) is 4.40. The van der Waals surface area contributed by atoms with Crippen LogP contribution in [0, 0.1) is 0 Å². The van der Waals surface area contributed by atoms with Crippen LogP contribution in [-0.4, -0.2) is 34.2 Å². The molecule has 29 heavy (non-hydrogen) atoms. The Kier molecular flexibility index (Phi) is 7.24. The topological polar surface area (TPSA) is 79.7 Å². The quantitative estimate of drug-likeness (QED) is 0.644. The van der Waals surface area contributed by atoms with Gasteiger partial charge < -0.3 is 14.9 Å². The predicted molar refractivity (Wildman–Crippen MR) is 108 cm³/mol. The van der Waals surface area contributed by atoms with Gasteiger partial charge in [-0.3, -0.25) is 9.78 Å². The van der Waals surface area contributed by atoms with Crippen molar-refractivity contribution >= 4 is 29.0 Å². The Labute approximate surface area is 178 Å². The maximum absolute atomic E-state index is 15.9. The number of ether oxygens (including phenoxy) is 1. The van der Waals surface area contributed by atoms with Crippen LogP contribution in [0.5, 0.6) is 0 Å². The van der Waals surface area contributed by atoms with Crippen LogP contribution in [0.1, 0.15) is 47.8 Å². The normalized spacial score (nSPS) is 21.1. The van der Waals surface area contributed by atoms with Gasteiger partial charge in [-0.1, -0.05) is 29.3 Å². The van der Waals surface area contributed by atoms with E-state index >= 15 is 4.39 Å². The summed E-state index contributed by atoms with van der Waals surface area (Å²) in [5.41, 5.74) is -0.457. The molecule has 2 N–H and O–H groups in total. The smallest absolute Gasteiger partial charge is 0.195 e. The number of carbonyl (C=O) groups is 1. The first-order chi connectivity index (χ1) is 13.9. The molecule has 8 heteroatoms. The highest BCUT2D eigenvalue weighted by Gasteiger charge is 2.46. The Bertz CT molecular complexity index is 895. The van der Waals surface area contributed by atoms with Crippen molar-refractivity contribution in [1.82, 2.24) is 4.98 Å². The number of carbonyl (C=O) groups excluding carboxylic acids is 1. The number of benzene rings is 1. The Balaban J connectivity index is 1.82. The third-order valence-electron chi connectivity index (χ3n) is 5.20. The molecule has 0 radical (unpaired) electrons. The molecule has 1 aliphatic carbocycles. The zero-order valence-electron chi connectivity index (χ0n) is 15.7. The summed E-state index contributed by atoms with van der Waals surface area (Å²) in [6, 6.07) is 6.27. The summed E-state index contributed by atoms with van der Waals surface area (Å²) in [4.78, 5) is 17.2. The van der Waals surface area contributed by atoms with Gasteiger partial charge in [-0.05, 0) is 48.6 Å². The summed E-state index contributed by atoms with van der Waals surface area (Å²) < 4.78 is 21.5. The lowest BCUT2D eigenvalue weighted by atomic mass is 9.77. The van der Waals surface area contributed by atoms with E-state index in [1.54, 1.807) is 18.2 Å². The number of rotatable bonds is 8. The van der Waals surface area contributed by atoms with E-state index in [0.717, 1.165) is 0 Å². The Hall–Kier alpha value is -1.57. The lowest BCUT2D eigenvalue weighted by Crippen LogP contribution is -2.37. The number of aliphatic hydroxyl groups is 2. The minimum atomic E-state index is -2.17. The number of aliphatic hydroxyl groups excluding tert-OH is 2. The van der Waals surface area contributed by atoms with Crippen LogP contribution in [0.15, 0.2) is 30.5 Å². The fraction of sp³-hybridized carbons (Fsp3) is 0.429. The highest BCUT2D eigenvalue weighted by Crippen LogP contribution is 2.45. The van der Waals surface area contributed by atoms with Gasteiger partial charge in [-0.2, -0.15) is 0 Å². The number of Topliss-reactive ketones (excluding diaryl/α,β-unsaturated/α-hetero) is 1. The van der Waals surface area contributed by atoms with Crippen molar-refractivity contribution < 1.29 is 24.1 Å². The van der Waals surface area contributed by atoms with Crippen LogP contribution >= 0.6 is 23.2 Å². The summed E-state index contributed by atoms with van der Waals surface area (Å²) in [6.45, 7) is -0.304. The molecule has 0 bridgehead atoms. The fourth-order valence-electron chi connectivity index (χ4n) is 3.77. The lowest BCUT2D eigenvalue weighted by molar-refractivity contribution is -0.133. The molecule has 0 spiro atoms. The molecule has 5 nitrogen and oxygen atoms in total. The van der Waals surface area contributed by atoms with Crippen molar-refractivity contribution in [2.75, 3.05) is 13.2 Å². The predicted octanol–water partition coefficient (Wildman–Crippen LogP) is 4.09. The number of pyridine rings is 1. The van der Waals surface area contributed by atoms with Crippen molar-refractivity contribution in [3.05, 3.63) is 62.9 Å². The second-order valence-electron chi connectivity index (χ2n) is 6.97. The van der Waals surface area contributed by atoms with E-state index < -0.39 is 17.6 Å². The summed E-state index contributed by atoms with van der Waals surface area (Å²) >= 11 is 12.2. The van der Waals surface area contributed by atoms with E-state index in [4.69, 9.17) is 33.0 Å². The number of nitrogens with zero attached hydrogens (tertiary/aromatic N) is 1. The highest BCUT2D eigenvalue weighted by molar-refractivity contribution is 6.35. The first kappa shape index (κ1) is 22.1. The minimum absolute atomic E-state index is 0.0260. The van der Waals surface area contributed by atoms with Gasteiger partial charge in [0.15, 0.2) is 11.5 Å². The minimum Gasteiger partial charge on any atom is -0.394 e. The molecule has 2 atom stereocenters. The zero-order chi connectivity index (χ0) is 21.0. The van der Waals surface area contributed by atoms with Gasteiger partial charge in [-0.25, -0.2) is 4.39 Å². The molecule has 0 unspecified atom stereocenters. The van der Waals surface area contributed by atoms with Gasteiger partial charge >= 0.3 is 0 Å². The van der Waals surface area contributed by atoms with E-state index in [0.29, 0.717) is 26.9 Å². The van der Waals surface area contributed by atoms with Crippen molar-refractivity contribution in [2.45, 2.75) is 44.1 Å². The molecular formula is C21H22Cl2FNO4. The van der Waals surface area contributed by atoms with Gasteiger partial charge in [0.1, 0.15) is 6.10 Å². The van der Waals surface area contributed by atoms with Crippen LogP contribution in [0.3, 0.4) is 0 Å². The summed E-state index contributed by atoms with van der Waals surface area (Å²) in [7, 11) is 0. The van der Waals surface area contributed by atoms with Gasteiger partial charge in [0.2, 0.25) is 0 Å². The average molecular weight is 442 g/mol. The van der Waals surface area contributed by atoms with E-state index in [9.17, 15) is 9.90 Å². The molecule has 156 valence electrons. The molecule has 1 aromatic carbocycles. The molecule has 1 aliphatic rings. The standard InChI is InChI=1S/C21H22Cl2FNO4/c22-14-10-13(12-27)15(17(23)11-14)3-4-19(28)21(24)6-5-18(29-9-8-26)20-16(21)2-1-7-25-20/h1-2,7,10-11,18,26-27H,3-6,8-9,12H2/t18-,21-/m0/s1. The van der Waals surface area contributed by atoms with E-state index in [1.165, 1.54) is 12.3 Å². The Morgan fingerprint density at radius 3 is 2.86 bits per heavy atom. The number of hydrogen-bond donors (Lipinski definition) is 2. The molecule has 0 aliphatic heterocycles. The number of aromatic nitrogens is 1. The maximum atomic E-state index is 15.9. The lowest BCUT2D eigenvalue weighted by Gasteiger charge is -2.34. The van der Waals surface area contributed by atoms with Crippen LogP contribution in [0.25, 0.3) is 0 Å². The Morgan fingerprint density at radius 1 is 1.34 bits per heavy atom. The summed E-state index contributed by atoms with van der Waals surface area (Å²) in [5.74, 6) is -0.567. The molecule has 0 saturated heterocycles. The van der Waals surface area contributed by atoms with Crippen molar-refractivity contribution in [3.63, 3.8) is 0 Å². The molecule has 0 saturated carbocycles.